The number of hydrogen-bond donors (Lipinski definition) is 1. The first-order valence-electron chi connectivity index (χ1n) is 9.90. The molecular formula is C21H38O. The third kappa shape index (κ3) is 2.56. The normalized spacial score (nSPS) is 48.0. The summed E-state index contributed by atoms with van der Waals surface area (Å²) in [6.07, 6.45) is 11.5. The van der Waals surface area contributed by atoms with E-state index >= 15 is 0 Å². The molecule has 3 rings (SSSR count). The quantitative estimate of drug-likeness (QED) is 0.695. The summed E-state index contributed by atoms with van der Waals surface area (Å²) >= 11 is 0. The lowest BCUT2D eigenvalue weighted by Crippen LogP contribution is -2.41. The molecule has 3 fully saturated rings. The van der Waals surface area contributed by atoms with E-state index in [0.29, 0.717) is 10.8 Å². The summed E-state index contributed by atoms with van der Waals surface area (Å²) in [7, 11) is 0. The molecule has 1 N–H and O–H groups in total. The minimum Gasteiger partial charge on any atom is -0.393 e. The van der Waals surface area contributed by atoms with Crippen molar-refractivity contribution in [2.45, 2.75) is 98.5 Å². The van der Waals surface area contributed by atoms with Crippen LogP contribution in [0.1, 0.15) is 92.4 Å². The van der Waals surface area contributed by atoms with Crippen molar-refractivity contribution < 1.29 is 5.11 Å². The topological polar surface area (TPSA) is 20.2 Å². The molecule has 6 atom stereocenters. The zero-order chi connectivity index (χ0) is 16.2. The Morgan fingerprint density at radius 1 is 1.05 bits per heavy atom. The molecule has 3 saturated carbocycles. The highest BCUT2D eigenvalue weighted by atomic mass is 16.3. The Labute approximate surface area is 138 Å². The minimum absolute atomic E-state index is 0.0744. The fraction of sp³-hybridized carbons (Fsp3) is 1.00. The van der Waals surface area contributed by atoms with Gasteiger partial charge in [0.05, 0.1) is 6.10 Å². The highest BCUT2D eigenvalue weighted by Crippen LogP contribution is 2.69. The molecule has 0 aromatic carbocycles. The Morgan fingerprint density at radius 3 is 2.45 bits per heavy atom. The average molecular weight is 307 g/mol. The third-order valence-electron chi connectivity index (χ3n) is 8.11. The van der Waals surface area contributed by atoms with E-state index in [2.05, 4.69) is 34.6 Å². The molecule has 0 saturated heterocycles. The van der Waals surface area contributed by atoms with Gasteiger partial charge in [-0.05, 0) is 78.9 Å². The van der Waals surface area contributed by atoms with Crippen LogP contribution < -0.4 is 0 Å². The van der Waals surface area contributed by atoms with Gasteiger partial charge in [0.15, 0.2) is 0 Å². The van der Waals surface area contributed by atoms with Gasteiger partial charge >= 0.3 is 0 Å². The molecule has 128 valence electrons. The second-order valence-corrected chi connectivity index (χ2v) is 10.3. The summed E-state index contributed by atoms with van der Waals surface area (Å²) in [4.78, 5) is 0. The van der Waals surface area contributed by atoms with Crippen molar-refractivity contribution in [1.29, 1.82) is 0 Å². The Bertz CT molecular complexity index is 414. The number of aliphatic hydroxyl groups is 1. The summed E-state index contributed by atoms with van der Waals surface area (Å²) in [5.74, 6) is 2.75. The summed E-state index contributed by atoms with van der Waals surface area (Å²) < 4.78 is 0. The van der Waals surface area contributed by atoms with Crippen molar-refractivity contribution in [2.75, 3.05) is 0 Å². The maximum absolute atomic E-state index is 10.8. The first-order valence-corrected chi connectivity index (χ1v) is 9.90. The van der Waals surface area contributed by atoms with Gasteiger partial charge in [-0.25, -0.2) is 0 Å². The molecule has 0 aliphatic heterocycles. The smallest absolute Gasteiger partial charge is 0.0593 e. The van der Waals surface area contributed by atoms with Gasteiger partial charge in [-0.15, -0.1) is 0 Å². The van der Waals surface area contributed by atoms with E-state index in [1.165, 1.54) is 51.4 Å². The fourth-order valence-corrected chi connectivity index (χ4v) is 7.08. The van der Waals surface area contributed by atoms with Crippen molar-refractivity contribution in [2.24, 2.45) is 34.0 Å². The van der Waals surface area contributed by atoms with E-state index in [1.807, 2.05) is 0 Å². The zero-order valence-corrected chi connectivity index (χ0v) is 15.6. The van der Waals surface area contributed by atoms with Crippen molar-refractivity contribution in [3.05, 3.63) is 0 Å². The van der Waals surface area contributed by atoms with Gasteiger partial charge in [-0.2, -0.15) is 0 Å². The van der Waals surface area contributed by atoms with E-state index in [-0.39, 0.29) is 11.5 Å². The van der Waals surface area contributed by atoms with Gasteiger partial charge in [-0.3, -0.25) is 0 Å². The van der Waals surface area contributed by atoms with Crippen LogP contribution in [0, 0.1) is 34.0 Å². The predicted molar refractivity (Wildman–Crippen MR) is 93.7 cm³/mol. The first-order chi connectivity index (χ1) is 10.2. The third-order valence-corrected chi connectivity index (χ3v) is 8.11. The standard InChI is InChI=1S/C21H38O/c1-6-7-8-17(22)20(4)10-9-16-15(13-20)14-21(5)12-11-19(2,3)18(16)21/h15-18,22H,6-14H2,1-5H3. The number of aliphatic hydroxyl groups excluding tert-OH is 1. The molecule has 3 aliphatic carbocycles. The Kier molecular flexibility index (Phi) is 4.20. The average Bonchev–Trinajstić information content (AvgIpc) is 2.86. The molecule has 0 amide bonds. The van der Waals surface area contributed by atoms with Crippen LogP contribution in [0.25, 0.3) is 0 Å². The van der Waals surface area contributed by atoms with E-state index in [9.17, 15) is 5.11 Å². The highest BCUT2D eigenvalue weighted by molar-refractivity contribution is 5.10. The lowest BCUT2D eigenvalue weighted by Gasteiger charge is -2.46. The lowest BCUT2D eigenvalue weighted by atomic mass is 9.60. The van der Waals surface area contributed by atoms with E-state index in [4.69, 9.17) is 0 Å². The number of fused-ring (bicyclic) bond motifs is 3. The van der Waals surface area contributed by atoms with Crippen LogP contribution in [0.5, 0.6) is 0 Å². The predicted octanol–water partition coefficient (Wildman–Crippen LogP) is 5.81. The molecule has 0 aromatic rings. The fourth-order valence-electron chi connectivity index (χ4n) is 7.08. The Morgan fingerprint density at radius 2 is 1.77 bits per heavy atom. The van der Waals surface area contributed by atoms with E-state index < -0.39 is 0 Å². The van der Waals surface area contributed by atoms with Gasteiger partial charge in [0.25, 0.3) is 0 Å². The van der Waals surface area contributed by atoms with Crippen LogP contribution in [0.4, 0.5) is 0 Å². The maximum atomic E-state index is 10.8. The van der Waals surface area contributed by atoms with Crippen molar-refractivity contribution >= 4 is 0 Å². The summed E-state index contributed by atoms with van der Waals surface area (Å²) in [6.45, 7) is 12.2. The number of hydrogen-bond acceptors (Lipinski definition) is 1. The molecule has 0 heterocycles. The lowest BCUT2D eigenvalue weighted by molar-refractivity contribution is -0.0338. The second kappa shape index (κ2) is 5.50. The Hall–Kier alpha value is -0.0400. The summed E-state index contributed by atoms with van der Waals surface area (Å²) in [5, 5.41) is 10.8. The van der Waals surface area contributed by atoms with E-state index in [0.717, 1.165) is 24.2 Å². The molecule has 6 unspecified atom stereocenters. The van der Waals surface area contributed by atoms with Crippen molar-refractivity contribution in [1.82, 2.24) is 0 Å². The summed E-state index contributed by atoms with van der Waals surface area (Å²) in [6, 6.07) is 0. The van der Waals surface area contributed by atoms with Crippen LogP contribution in [-0.4, -0.2) is 11.2 Å². The Balaban J connectivity index is 1.74. The molecule has 1 heteroatoms. The van der Waals surface area contributed by atoms with Crippen LogP contribution in [0.2, 0.25) is 0 Å². The SMILES string of the molecule is CCCCC(O)C1(C)CCC2C(C1)CC1(C)CCC(C)(C)C21. The van der Waals surface area contributed by atoms with Gasteiger partial charge in [0.1, 0.15) is 0 Å². The summed E-state index contributed by atoms with van der Waals surface area (Å²) in [5.41, 5.74) is 1.33. The highest BCUT2D eigenvalue weighted by Gasteiger charge is 2.61. The van der Waals surface area contributed by atoms with Crippen LogP contribution in [0.3, 0.4) is 0 Å². The zero-order valence-electron chi connectivity index (χ0n) is 15.6. The maximum Gasteiger partial charge on any atom is 0.0593 e. The monoisotopic (exact) mass is 306 g/mol. The van der Waals surface area contributed by atoms with Crippen LogP contribution >= 0.6 is 0 Å². The molecule has 3 aliphatic rings. The first kappa shape index (κ1) is 16.8. The largest absolute Gasteiger partial charge is 0.393 e. The minimum atomic E-state index is -0.0744. The van der Waals surface area contributed by atoms with Crippen LogP contribution in [-0.2, 0) is 0 Å². The van der Waals surface area contributed by atoms with Gasteiger partial charge in [-0.1, -0.05) is 47.5 Å². The van der Waals surface area contributed by atoms with Gasteiger partial charge in [0, 0.05) is 0 Å². The van der Waals surface area contributed by atoms with E-state index in [1.54, 1.807) is 0 Å². The van der Waals surface area contributed by atoms with Crippen molar-refractivity contribution in [3.8, 4) is 0 Å². The second-order valence-electron chi connectivity index (χ2n) is 10.3. The van der Waals surface area contributed by atoms with Crippen LogP contribution in [0.15, 0.2) is 0 Å². The van der Waals surface area contributed by atoms with Gasteiger partial charge < -0.3 is 5.11 Å². The molecule has 0 bridgehead atoms. The molecule has 22 heavy (non-hydrogen) atoms. The molecule has 0 spiro atoms. The molecule has 0 aromatic heterocycles. The van der Waals surface area contributed by atoms with Crippen molar-refractivity contribution in [3.63, 3.8) is 0 Å². The molecule has 1 nitrogen and oxygen atoms in total. The molecule has 0 radical (unpaired) electrons. The van der Waals surface area contributed by atoms with Gasteiger partial charge in [0.2, 0.25) is 0 Å². The molecular weight excluding hydrogens is 268 g/mol. The number of rotatable bonds is 4. The number of unbranched alkanes of at least 4 members (excludes halogenated alkanes) is 1.